The van der Waals surface area contributed by atoms with Crippen molar-refractivity contribution in [2.24, 2.45) is 0 Å². The van der Waals surface area contributed by atoms with Crippen LogP contribution in [0.2, 0.25) is 0 Å². The molecular weight excluding hydrogens is 88.1 g/mol. The molecule has 1 rings (SSSR count). The Morgan fingerprint density at radius 1 is 1.71 bits per heavy atom. The second kappa shape index (κ2) is 1.57. The molecule has 0 aliphatic carbocycles. The van der Waals surface area contributed by atoms with Gasteiger partial charge in [-0.2, -0.15) is 0 Å². The summed E-state index contributed by atoms with van der Waals surface area (Å²) in [7, 11) is 0. The lowest BCUT2D eigenvalue weighted by Crippen LogP contribution is -1.77. The van der Waals surface area contributed by atoms with Crippen LogP contribution in [0.15, 0.2) is 6.20 Å². The quantitative estimate of drug-likeness (QED) is 0.462. The highest BCUT2D eigenvalue weighted by molar-refractivity contribution is 4.82. The first-order valence-electron chi connectivity index (χ1n) is 1.97. The number of nitrogens with zero attached hydrogens (tertiary/aromatic N) is 2. The van der Waals surface area contributed by atoms with Crippen LogP contribution in [0.25, 0.3) is 0 Å². The minimum absolute atomic E-state index is 0.780. The summed E-state index contributed by atoms with van der Waals surface area (Å²) in [6.07, 6.45) is 1.48. The Morgan fingerprint density at radius 2 is 2.57 bits per heavy atom. The molecule has 2 nitrogen and oxygen atoms in total. The van der Waals surface area contributed by atoms with Gasteiger partial charge in [0.05, 0.1) is 6.20 Å². The first-order chi connectivity index (χ1) is 3.39. The summed E-state index contributed by atoms with van der Waals surface area (Å²) >= 11 is 0. The maximum atomic E-state index is 3.64. The van der Waals surface area contributed by atoms with Gasteiger partial charge in [0.2, 0.25) is 0 Å². The van der Waals surface area contributed by atoms with Crippen molar-refractivity contribution in [1.82, 2.24) is 10.2 Å². The van der Waals surface area contributed by atoms with E-state index in [1.165, 1.54) is 6.20 Å². The Kier molecular flexibility index (Phi) is 0.910. The number of aromatic nitrogens is 2. The Bertz CT molecular complexity index is 136. The third kappa shape index (κ3) is 0.866. The molecule has 7 heavy (non-hydrogen) atoms. The molecular formula is C5H4N2. The van der Waals surface area contributed by atoms with E-state index in [1.807, 2.05) is 6.92 Å². The van der Waals surface area contributed by atoms with Crippen LogP contribution in [0.3, 0.4) is 0 Å². The smallest absolute Gasteiger partial charge is 0.110 e. The maximum absolute atomic E-state index is 3.64. The summed E-state index contributed by atoms with van der Waals surface area (Å²) in [5, 5.41) is 7.19. The fraction of sp³-hybridized carbons (Fsp3) is 0.200. The van der Waals surface area contributed by atoms with E-state index in [0.717, 1.165) is 5.69 Å². The first-order valence-corrected chi connectivity index (χ1v) is 1.97. The van der Waals surface area contributed by atoms with Crippen molar-refractivity contribution >= 4 is 0 Å². The Morgan fingerprint density at radius 3 is 2.86 bits per heavy atom. The van der Waals surface area contributed by atoms with Gasteiger partial charge in [-0.1, -0.05) is 0 Å². The maximum Gasteiger partial charge on any atom is 0.110 e. The predicted octanol–water partition coefficient (Wildman–Crippen LogP) is 0.385. The average Bonchev–Trinajstić information content (AvgIpc) is 1.69. The molecule has 0 aliphatic rings. The normalized spacial score (nSPS) is 7.57. The van der Waals surface area contributed by atoms with Gasteiger partial charge in [-0.25, -0.2) is 0 Å². The van der Waals surface area contributed by atoms with Gasteiger partial charge in [-0.05, 0) is 19.1 Å². The molecule has 0 spiro atoms. The van der Waals surface area contributed by atoms with Gasteiger partial charge in [0.1, 0.15) is 5.69 Å². The topological polar surface area (TPSA) is 25.8 Å². The fourth-order valence-electron chi connectivity index (χ4n) is 0.306. The summed E-state index contributed by atoms with van der Waals surface area (Å²) < 4.78 is 0. The van der Waals surface area contributed by atoms with E-state index in [2.05, 4.69) is 22.3 Å². The monoisotopic (exact) mass is 92.0 g/mol. The molecule has 0 fully saturated rings. The molecule has 2 heteroatoms. The predicted molar refractivity (Wildman–Crippen MR) is 24.4 cm³/mol. The highest BCUT2D eigenvalue weighted by Crippen LogP contribution is 1.73. The van der Waals surface area contributed by atoms with Crippen molar-refractivity contribution in [3.05, 3.63) is 24.0 Å². The zero-order chi connectivity index (χ0) is 5.11. The van der Waals surface area contributed by atoms with E-state index >= 15 is 0 Å². The van der Waals surface area contributed by atoms with Crippen molar-refractivity contribution in [2.75, 3.05) is 0 Å². The zero-order valence-corrected chi connectivity index (χ0v) is 3.97. The molecule has 1 heterocycles. The summed E-state index contributed by atoms with van der Waals surface area (Å²) in [5.74, 6) is 0. The van der Waals surface area contributed by atoms with Crippen LogP contribution in [-0.2, 0) is 0 Å². The minimum Gasteiger partial charge on any atom is -0.149 e. The summed E-state index contributed by atoms with van der Waals surface area (Å²) in [5.41, 5.74) is 0.780. The van der Waals surface area contributed by atoms with Crippen LogP contribution in [0.4, 0.5) is 0 Å². The lowest BCUT2D eigenvalue weighted by atomic mass is 10.5. The van der Waals surface area contributed by atoms with Crippen molar-refractivity contribution in [2.45, 2.75) is 6.92 Å². The molecule has 1 aromatic rings. The Hall–Kier alpha value is -1.10. The van der Waals surface area contributed by atoms with Crippen LogP contribution >= 0.6 is 0 Å². The van der Waals surface area contributed by atoms with E-state index < -0.39 is 0 Å². The number of aryl methyl sites for hydroxylation is 1. The number of rotatable bonds is 0. The molecule has 0 unspecified atom stereocenters. The molecule has 1 aromatic heterocycles. The second-order valence-electron chi connectivity index (χ2n) is 1.20. The molecule has 34 valence electrons. The van der Waals surface area contributed by atoms with E-state index in [-0.39, 0.29) is 0 Å². The minimum atomic E-state index is 0.780. The third-order valence-electron chi connectivity index (χ3n) is 0.583. The van der Waals surface area contributed by atoms with Crippen molar-refractivity contribution in [3.8, 4) is 0 Å². The first kappa shape index (κ1) is 4.07. The average molecular weight is 92.1 g/mol. The summed E-state index contributed by atoms with van der Waals surface area (Å²) in [6.45, 7) is 1.82. The zero-order valence-electron chi connectivity index (χ0n) is 3.97. The standard InChI is InChI=1S/C5H4N2/c1-5-3-2-4-6-7-5/h4H,1H3. The van der Waals surface area contributed by atoms with Crippen LogP contribution in [-0.4, -0.2) is 10.2 Å². The summed E-state index contributed by atoms with van der Waals surface area (Å²) in [6, 6.07) is 5.39. The van der Waals surface area contributed by atoms with Gasteiger partial charge < -0.3 is 0 Å². The van der Waals surface area contributed by atoms with Gasteiger partial charge in [-0.15, -0.1) is 10.2 Å². The van der Waals surface area contributed by atoms with Crippen molar-refractivity contribution < 1.29 is 0 Å². The van der Waals surface area contributed by atoms with Crippen LogP contribution < -0.4 is 0 Å². The number of hydrogen-bond acceptors (Lipinski definition) is 2. The molecule has 0 saturated heterocycles. The number of hydrogen-bond donors (Lipinski definition) is 0. The van der Waals surface area contributed by atoms with E-state index in [1.54, 1.807) is 0 Å². The third-order valence-corrected chi connectivity index (χ3v) is 0.583. The fourth-order valence-corrected chi connectivity index (χ4v) is 0.306. The largest absolute Gasteiger partial charge is 0.149 e. The summed E-state index contributed by atoms with van der Waals surface area (Å²) in [4.78, 5) is 0. The highest BCUT2D eigenvalue weighted by Gasteiger charge is 1.71. The van der Waals surface area contributed by atoms with Crippen LogP contribution in [0, 0.1) is 19.1 Å². The Balaban J connectivity index is 3.02. The van der Waals surface area contributed by atoms with E-state index in [9.17, 15) is 0 Å². The lowest BCUT2D eigenvalue weighted by Gasteiger charge is -1.73. The van der Waals surface area contributed by atoms with Gasteiger partial charge in [0.25, 0.3) is 0 Å². The molecule has 0 aliphatic heterocycles. The molecule has 0 N–H and O–H groups in total. The molecule has 0 saturated carbocycles. The molecule has 0 bridgehead atoms. The van der Waals surface area contributed by atoms with Gasteiger partial charge in [0, 0.05) is 0 Å². The van der Waals surface area contributed by atoms with E-state index in [0.29, 0.717) is 0 Å². The molecule has 0 radical (unpaired) electrons. The Labute approximate surface area is 42.2 Å². The van der Waals surface area contributed by atoms with E-state index in [4.69, 9.17) is 0 Å². The molecule has 0 amide bonds. The highest BCUT2D eigenvalue weighted by atomic mass is 15.1. The lowest BCUT2D eigenvalue weighted by molar-refractivity contribution is 0.986. The van der Waals surface area contributed by atoms with Crippen LogP contribution in [0.5, 0.6) is 0 Å². The van der Waals surface area contributed by atoms with Gasteiger partial charge in [-0.3, -0.25) is 0 Å². The van der Waals surface area contributed by atoms with Gasteiger partial charge in [0.15, 0.2) is 0 Å². The molecule has 0 aromatic carbocycles. The SMILES string of the molecule is Cc1c#ccnn1. The van der Waals surface area contributed by atoms with Crippen LogP contribution in [0.1, 0.15) is 5.69 Å². The van der Waals surface area contributed by atoms with Crippen molar-refractivity contribution in [3.63, 3.8) is 0 Å². The van der Waals surface area contributed by atoms with Crippen molar-refractivity contribution in [1.29, 1.82) is 0 Å². The molecule has 0 atom stereocenters. The second-order valence-corrected chi connectivity index (χ2v) is 1.20. The van der Waals surface area contributed by atoms with Gasteiger partial charge >= 0.3 is 0 Å².